The molecule has 0 unspecified atom stereocenters. The standard InChI is InChI=1S/C27H26ClOP/c1-29-24-13-11-12-23(22-24)20-21-30(28,25-14-5-2-6-15-25,26-16-7-3-8-17-26)27-18-9-4-10-19-27/h2-19,22H,20-21H2,1H3. The van der Waals surface area contributed by atoms with Gasteiger partial charge in [0.25, 0.3) is 0 Å². The average molecular weight is 433 g/mol. The van der Waals surface area contributed by atoms with Crippen molar-refractivity contribution in [2.45, 2.75) is 6.42 Å². The third-order valence-corrected chi connectivity index (χ3v) is 13.3. The number of hydrogen-bond acceptors (Lipinski definition) is 1. The third-order valence-electron chi connectivity index (χ3n) is 5.84. The molecule has 0 saturated heterocycles. The zero-order valence-corrected chi connectivity index (χ0v) is 18.8. The molecule has 0 fully saturated rings. The second-order valence-corrected chi connectivity index (χ2v) is 14.1. The van der Waals surface area contributed by atoms with Crippen molar-refractivity contribution < 1.29 is 4.74 Å². The molecule has 3 heteroatoms. The Hall–Kier alpha value is -2.60. The van der Waals surface area contributed by atoms with Gasteiger partial charge >= 0.3 is 184 Å². The molecule has 4 aromatic rings. The summed E-state index contributed by atoms with van der Waals surface area (Å²) >= 11 is 8.10. The summed E-state index contributed by atoms with van der Waals surface area (Å²) in [6, 6.07) is 40.2. The zero-order chi connectivity index (χ0) is 20.9. The van der Waals surface area contributed by atoms with Crippen LogP contribution < -0.4 is 20.7 Å². The van der Waals surface area contributed by atoms with Crippen LogP contribution in [0.15, 0.2) is 115 Å². The van der Waals surface area contributed by atoms with Crippen LogP contribution in [-0.4, -0.2) is 13.3 Å². The van der Waals surface area contributed by atoms with Crippen LogP contribution in [0.4, 0.5) is 0 Å². The Kier molecular flexibility index (Phi) is 5.95. The molecule has 0 aromatic heterocycles. The predicted octanol–water partition coefficient (Wildman–Crippen LogP) is 5.92. The van der Waals surface area contributed by atoms with Gasteiger partial charge in [-0.05, 0) is 0 Å². The van der Waals surface area contributed by atoms with Gasteiger partial charge in [0.1, 0.15) is 0 Å². The van der Waals surface area contributed by atoms with E-state index in [0.717, 1.165) is 18.3 Å². The van der Waals surface area contributed by atoms with Gasteiger partial charge in [0.05, 0.1) is 0 Å². The summed E-state index contributed by atoms with van der Waals surface area (Å²) in [6.07, 6.45) is 1.69. The minimum absolute atomic E-state index is 0.832. The Labute approximate surface area is 184 Å². The molecule has 0 bridgehead atoms. The van der Waals surface area contributed by atoms with Crippen molar-refractivity contribution in [3.8, 4) is 5.75 Å². The average Bonchev–Trinajstić information content (AvgIpc) is 2.84. The quantitative estimate of drug-likeness (QED) is 0.329. The van der Waals surface area contributed by atoms with E-state index in [4.69, 9.17) is 16.0 Å². The molecule has 4 aromatic carbocycles. The van der Waals surface area contributed by atoms with Crippen LogP contribution in [0.1, 0.15) is 5.56 Å². The summed E-state index contributed by atoms with van der Waals surface area (Å²) in [4.78, 5) is 0. The first-order chi connectivity index (χ1) is 14.6. The first-order valence-electron chi connectivity index (χ1n) is 10.2. The Balaban J connectivity index is 1.93. The summed E-state index contributed by atoms with van der Waals surface area (Å²) in [7, 11) is 1.71. The van der Waals surface area contributed by atoms with Gasteiger partial charge in [-0.1, -0.05) is 0 Å². The number of methoxy groups -OCH3 is 1. The summed E-state index contributed by atoms with van der Waals surface area (Å²) < 4.78 is 5.44. The molecule has 0 N–H and O–H groups in total. The van der Waals surface area contributed by atoms with Crippen LogP contribution in [0.3, 0.4) is 0 Å². The molecule has 0 radical (unpaired) electrons. The van der Waals surface area contributed by atoms with Gasteiger partial charge in [-0.15, -0.1) is 0 Å². The molecular weight excluding hydrogens is 407 g/mol. The topological polar surface area (TPSA) is 9.23 Å². The van der Waals surface area contributed by atoms with E-state index in [2.05, 4.69) is 103 Å². The van der Waals surface area contributed by atoms with Crippen molar-refractivity contribution in [3.05, 3.63) is 121 Å². The fourth-order valence-corrected chi connectivity index (χ4v) is 10.2. The van der Waals surface area contributed by atoms with Gasteiger partial charge in [-0.2, -0.15) is 0 Å². The first kappa shape index (κ1) is 20.7. The van der Waals surface area contributed by atoms with Crippen LogP contribution >= 0.6 is 17.2 Å². The van der Waals surface area contributed by atoms with Gasteiger partial charge in [0.2, 0.25) is 0 Å². The molecule has 4 rings (SSSR count). The molecule has 0 saturated carbocycles. The number of rotatable bonds is 7. The van der Waals surface area contributed by atoms with Crippen molar-refractivity contribution in [2.75, 3.05) is 13.3 Å². The monoisotopic (exact) mass is 432 g/mol. The number of benzene rings is 4. The number of aryl methyl sites for hydroxylation is 1. The predicted molar refractivity (Wildman–Crippen MR) is 133 cm³/mol. The van der Waals surface area contributed by atoms with Crippen molar-refractivity contribution in [2.24, 2.45) is 0 Å². The Morgan fingerprint density at radius 3 is 1.53 bits per heavy atom. The molecule has 152 valence electrons. The van der Waals surface area contributed by atoms with Gasteiger partial charge < -0.3 is 0 Å². The fourth-order valence-electron chi connectivity index (χ4n) is 4.22. The maximum atomic E-state index is 8.10. The molecule has 0 amide bonds. The van der Waals surface area contributed by atoms with Gasteiger partial charge in [-0.25, -0.2) is 0 Å². The minimum atomic E-state index is -3.22. The summed E-state index contributed by atoms with van der Waals surface area (Å²) in [5.41, 5.74) is 1.23. The molecule has 1 nitrogen and oxygen atoms in total. The molecule has 0 spiro atoms. The first-order valence-corrected chi connectivity index (χ1v) is 13.5. The van der Waals surface area contributed by atoms with Crippen molar-refractivity contribution in [1.82, 2.24) is 0 Å². The van der Waals surface area contributed by atoms with E-state index in [0.29, 0.717) is 0 Å². The molecular formula is C27H26ClOP. The fraction of sp³-hybridized carbons (Fsp3) is 0.111. The van der Waals surface area contributed by atoms with Crippen LogP contribution in [0.25, 0.3) is 0 Å². The van der Waals surface area contributed by atoms with Crippen LogP contribution in [-0.2, 0) is 6.42 Å². The molecule has 0 heterocycles. The Morgan fingerprint density at radius 1 is 0.633 bits per heavy atom. The molecule has 30 heavy (non-hydrogen) atoms. The number of hydrogen-bond donors (Lipinski definition) is 0. The van der Waals surface area contributed by atoms with E-state index in [1.807, 2.05) is 12.1 Å². The van der Waals surface area contributed by atoms with E-state index < -0.39 is 5.96 Å². The normalized spacial score (nSPS) is 12.7. The van der Waals surface area contributed by atoms with Crippen LogP contribution in [0.5, 0.6) is 5.75 Å². The van der Waals surface area contributed by atoms with Gasteiger partial charge in [0.15, 0.2) is 0 Å². The van der Waals surface area contributed by atoms with E-state index in [9.17, 15) is 0 Å². The van der Waals surface area contributed by atoms with Crippen molar-refractivity contribution >= 4 is 33.1 Å². The zero-order valence-electron chi connectivity index (χ0n) is 17.1. The summed E-state index contributed by atoms with van der Waals surface area (Å²) in [5.74, 6) is -2.34. The third kappa shape index (κ3) is 3.65. The van der Waals surface area contributed by atoms with E-state index in [1.54, 1.807) is 7.11 Å². The number of halogens is 1. The van der Waals surface area contributed by atoms with Crippen LogP contribution in [0, 0.1) is 0 Å². The summed E-state index contributed by atoms with van der Waals surface area (Å²) in [5, 5.41) is 3.60. The molecule has 0 aliphatic rings. The van der Waals surface area contributed by atoms with E-state index in [1.165, 1.54) is 21.5 Å². The SMILES string of the molecule is COc1cccc(CCP(Cl)(c2ccccc2)(c2ccccc2)c2ccccc2)c1. The molecule has 0 atom stereocenters. The van der Waals surface area contributed by atoms with Crippen molar-refractivity contribution in [3.63, 3.8) is 0 Å². The second kappa shape index (κ2) is 8.64. The molecule has 0 aliphatic heterocycles. The van der Waals surface area contributed by atoms with Crippen LogP contribution in [0.2, 0.25) is 0 Å². The second-order valence-electron chi connectivity index (χ2n) is 7.51. The van der Waals surface area contributed by atoms with E-state index in [-0.39, 0.29) is 0 Å². The Morgan fingerprint density at radius 2 is 1.10 bits per heavy atom. The molecule has 0 aliphatic carbocycles. The van der Waals surface area contributed by atoms with Crippen molar-refractivity contribution in [1.29, 1.82) is 0 Å². The van der Waals surface area contributed by atoms with Gasteiger partial charge in [-0.3, -0.25) is 0 Å². The van der Waals surface area contributed by atoms with Gasteiger partial charge in [0, 0.05) is 0 Å². The van der Waals surface area contributed by atoms with E-state index >= 15 is 0 Å². The Bertz CT molecular complexity index is 998. The summed E-state index contributed by atoms with van der Waals surface area (Å²) in [6.45, 7) is 0. The number of ether oxygens (including phenoxy) is 1. The maximum absolute atomic E-state index is 8.10.